The van der Waals surface area contributed by atoms with E-state index < -0.39 is 0 Å². The van der Waals surface area contributed by atoms with E-state index in [-0.39, 0.29) is 6.10 Å². The van der Waals surface area contributed by atoms with Gasteiger partial charge in [0.15, 0.2) is 0 Å². The molecule has 1 aromatic heterocycles. The average molecular weight is 265 g/mol. The molecule has 1 N–H and O–H groups in total. The second-order valence-corrected chi connectivity index (χ2v) is 6.89. The Labute approximate surface area is 116 Å². The predicted octanol–water partition coefficient (Wildman–Crippen LogP) is 2.04. The minimum absolute atomic E-state index is 0.142. The van der Waals surface area contributed by atoms with Crippen LogP contribution in [0.2, 0.25) is 0 Å². The Morgan fingerprint density at radius 3 is 2.89 bits per heavy atom. The molecule has 0 bridgehead atoms. The standard InChI is InChI=1S/C15H27N3O/c1-15(2)6-5-13(19)12(9-15)10-17(3)11-14-16-7-8-18(14)4/h7-8,12-13,19H,5-6,9-11H2,1-4H3. The van der Waals surface area contributed by atoms with Gasteiger partial charge < -0.3 is 9.67 Å². The molecular formula is C15H27N3O. The third-order valence-corrected chi connectivity index (χ3v) is 4.35. The molecule has 1 aromatic rings. The number of aliphatic hydroxyl groups is 1. The number of hydrogen-bond donors (Lipinski definition) is 1. The fourth-order valence-corrected chi connectivity index (χ4v) is 3.16. The van der Waals surface area contributed by atoms with Crippen LogP contribution in [0.3, 0.4) is 0 Å². The van der Waals surface area contributed by atoms with Crippen molar-refractivity contribution in [1.29, 1.82) is 0 Å². The van der Waals surface area contributed by atoms with E-state index in [1.54, 1.807) is 0 Å². The molecule has 1 fully saturated rings. The van der Waals surface area contributed by atoms with Crippen molar-refractivity contribution < 1.29 is 5.11 Å². The smallest absolute Gasteiger partial charge is 0.122 e. The van der Waals surface area contributed by atoms with Gasteiger partial charge in [0.2, 0.25) is 0 Å². The quantitative estimate of drug-likeness (QED) is 0.906. The van der Waals surface area contributed by atoms with Crippen LogP contribution >= 0.6 is 0 Å². The number of imidazole rings is 1. The maximum atomic E-state index is 10.2. The molecule has 1 heterocycles. The number of aromatic nitrogens is 2. The van der Waals surface area contributed by atoms with Gasteiger partial charge in [-0.25, -0.2) is 4.98 Å². The second kappa shape index (κ2) is 5.63. The zero-order valence-corrected chi connectivity index (χ0v) is 12.6. The summed E-state index contributed by atoms with van der Waals surface area (Å²) in [5.41, 5.74) is 0.369. The van der Waals surface area contributed by atoms with Crippen LogP contribution in [-0.4, -0.2) is 39.3 Å². The molecule has 0 aromatic carbocycles. The summed E-state index contributed by atoms with van der Waals surface area (Å²) in [7, 11) is 4.14. The van der Waals surface area contributed by atoms with Crippen LogP contribution in [0, 0.1) is 11.3 Å². The lowest BCUT2D eigenvalue weighted by Gasteiger charge is -2.40. The Bertz CT molecular complexity index is 413. The van der Waals surface area contributed by atoms with Gasteiger partial charge in [0.05, 0.1) is 12.6 Å². The molecule has 0 saturated heterocycles. The predicted molar refractivity (Wildman–Crippen MR) is 76.7 cm³/mol. The molecule has 108 valence electrons. The summed E-state index contributed by atoms with van der Waals surface area (Å²) in [6, 6.07) is 0. The number of rotatable bonds is 4. The highest BCUT2D eigenvalue weighted by atomic mass is 16.3. The minimum Gasteiger partial charge on any atom is -0.393 e. The van der Waals surface area contributed by atoms with Gasteiger partial charge in [-0.15, -0.1) is 0 Å². The van der Waals surface area contributed by atoms with Crippen LogP contribution in [0.4, 0.5) is 0 Å². The summed E-state index contributed by atoms with van der Waals surface area (Å²) in [6.45, 7) is 6.40. The number of hydrogen-bond acceptors (Lipinski definition) is 3. The fourth-order valence-electron chi connectivity index (χ4n) is 3.16. The van der Waals surface area contributed by atoms with Gasteiger partial charge in [0.1, 0.15) is 5.82 Å². The molecular weight excluding hydrogens is 238 g/mol. The van der Waals surface area contributed by atoms with Crippen molar-refractivity contribution in [3.05, 3.63) is 18.2 Å². The Hall–Kier alpha value is -0.870. The highest BCUT2D eigenvalue weighted by Gasteiger charge is 2.34. The highest BCUT2D eigenvalue weighted by molar-refractivity contribution is 4.92. The van der Waals surface area contributed by atoms with Gasteiger partial charge in [-0.1, -0.05) is 13.8 Å². The minimum atomic E-state index is -0.142. The molecule has 4 nitrogen and oxygen atoms in total. The molecule has 0 radical (unpaired) electrons. The van der Waals surface area contributed by atoms with Gasteiger partial charge in [0.25, 0.3) is 0 Å². The van der Waals surface area contributed by atoms with E-state index in [2.05, 4.69) is 35.3 Å². The summed E-state index contributed by atoms with van der Waals surface area (Å²) < 4.78 is 2.05. The fraction of sp³-hybridized carbons (Fsp3) is 0.800. The van der Waals surface area contributed by atoms with Gasteiger partial charge >= 0.3 is 0 Å². The SMILES string of the molecule is CN(Cc1nccn1C)CC1CC(C)(C)CCC1O. The molecule has 2 unspecified atom stereocenters. The normalized spacial score (nSPS) is 26.8. The van der Waals surface area contributed by atoms with Crippen LogP contribution in [0.15, 0.2) is 12.4 Å². The maximum Gasteiger partial charge on any atom is 0.122 e. The van der Waals surface area contributed by atoms with Gasteiger partial charge in [-0.3, -0.25) is 4.90 Å². The molecule has 0 aliphatic heterocycles. The van der Waals surface area contributed by atoms with E-state index in [9.17, 15) is 5.11 Å². The van der Waals surface area contributed by atoms with E-state index in [1.807, 2.05) is 19.4 Å². The summed E-state index contributed by atoms with van der Waals surface area (Å²) >= 11 is 0. The van der Waals surface area contributed by atoms with Crippen LogP contribution in [-0.2, 0) is 13.6 Å². The van der Waals surface area contributed by atoms with Crippen molar-refractivity contribution in [3.63, 3.8) is 0 Å². The Morgan fingerprint density at radius 1 is 1.53 bits per heavy atom. The first-order valence-electron chi connectivity index (χ1n) is 7.20. The lowest BCUT2D eigenvalue weighted by atomic mass is 9.71. The zero-order chi connectivity index (χ0) is 14.0. The van der Waals surface area contributed by atoms with Crippen LogP contribution in [0.25, 0.3) is 0 Å². The Kier molecular flexibility index (Phi) is 4.31. The molecule has 1 aliphatic carbocycles. The molecule has 0 amide bonds. The lowest BCUT2D eigenvalue weighted by molar-refractivity contribution is 0.00637. The lowest BCUT2D eigenvalue weighted by Crippen LogP contribution is -2.40. The van der Waals surface area contributed by atoms with E-state index in [1.165, 1.54) is 0 Å². The number of nitrogens with zero attached hydrogens (tertiary/aromatic N) is 3. The second-order valence-electron chi connectivity index (χ2n) is 6.89. The van der Waals surface area contributed by atoms with E-state index in [0.717, 1.165) is 38.2 Å². The first-order valence-corrected chi connectivity index (χ1v) is 7.20. The molecule has 1 aliphatic rings. The summed E-state index contributed by atoms with van der Waals surface area (Å²) in [4.78, 5) is 6.63. The zero-order valence-electron chi connectivity index (χ0n) is 12.6. The molecule has 2 rings (SSSR count). The largest absolute Gasteiger partial charge is 0.393 e. The molecule has 0 spiro atoms. The van der Waals surface area contributed by atoms with Gasteiger partial charge in [0, 0.05) is 26.0 Å². The number of aryl methyl sites for hydroxylation is 1. The van der Waals surface area contributed by atoms with Crippen molar-refractivity contribution in [1.82, 2.24) is 14.5 Å². The van der Waals surface area contributed by atoms with Crippen molar-refractivity contribution >= 4 is 0 Å². The topological polar surface area (TPSA) is 41.3 Å². The Balaban J connectivity index is 1.90. The van der Waals surface area contributed by atoms with Crippen molar-refractivity contribution in [2.75, 3.05) is 13.6 Å². The maximum absolute atomic E-state index is 10.2. The van der Waals surface area contributed by atoms with E-state index in [4.69, 9.17) is 0 Å². The van der Waals surface area contributed by atoms with Crippen LogP contribution < -0.4 is 0 Å². The first kappa shape index (κ1) is 14.5. The van der Waals surface area contributed by atoms with Crippen molar-refractivity contribution in [2.45, 2.75) is 45.8 Å². The summed E-state index contributed by atoms with van der Waals surface area (Å²) in [6.07, 6.45) is 6.85. The summed E-state index contributed by atoms with van der Waals surface area (Å²) in [5.74, 6) is 1.46. The van der Waals surface area contributed by atoms with Crippen LogP contribution in [0.1, 0.15) is 38.9 Å². The molecule has 2 atom stereocenters. The van der Waals surface area contributed by atoms with Gasteiger partial charge in [-0.2, -0.15) is 0 Å². The monoisotopic (exact) mass is 265 g/mol. The third-order valence-electron chi connectivity index (χ3n) is 4.35. The van der Waals surface area contributed by atoms with Crippen LogP contribution in [0.5, 0.6) is 0 Å². The van der Waals surface area contributed by atoms with Crippen molar-refractivity contribution in [2.24, 2.45) is 18.4 Å². The Morgan fingerprint density at radius 2 is 2.26 bits per heavy atom. The highest BCUT2D eigenvalue weighted by Crippen LogP contribution is 2.38. The van der Waals surface area contributed by atoms with Crippen molar-refractivity contribution in [3.8, 4) is 0 Å². The first-order chi connectivity index (χ1) is 8.87. The molecule has 1 saturated carbocycles. The third kappa shape index (κ3) is 3.80. The van der Waals surface area contributed by atoms with E-state index in [0.29, 0.717) is 11.3 Å². The number of aliphatic hydroxyl groups excluding tert-OH is 1. The molecule has 19 heavy (non-hydrogen) atoms. The molecule has 4 heteroatoms. The van der Waals surface area contributed by atoms with E-state index >= 15 is 0 Å². The average Bonchev–Trinajstić information content (AvgIpc) is 2.69. The summed E-state index contributed by atoms with van der Waals surface area (Å²) in [5, 5.41) is 10.2. The van der Waals surface area contributed by atoms with Gasteiger partial charge in [-0.05, 0) is 37.6 Å².